The van der Waals surface area contributed by atoms with Crippen LogP contribution in [0, 0.1) is 11.3 Å². The van der Waals surface area contributed by atoms with Crippen molar-refractivity contribution >= 4 is 0 Å². The monoisotopic (exact) mass is 292 g/mol. The predicted molar refractivity (Wildman–Crippen MR) is 87.1 cm³/mol. The maximum atomic E-state index is 9.56. The van der Waals surface area contributed by atoms with E-state index in [9.17, 15) is 5.26 Å². The van der Waals surface area contributed by atoms with Crippen molar-refractivity contribution in [2.45, 2.75) is 83.6 Å². The molecule has 4 heteroatoms. The van der Waals surface area contributed by atoms with Crippen LogP contribution in [-0.4, -0.2) is 59.1 Å². The largest absolute Gasteiger partial charge is 0.298 e. The number of nitriles is 1. The molecule has 0 aromatic rings. The number of nitrogens with one attached hydrogen (secondary N) is 1. The van der Waals surface area contributed by atoms with Crippen molar-refractivity contribution in [3.8, 4) is 6.07 Å². The first-order valence-corrected chi connectivity index (χ1v) is 8.53. The number of fused-ring (bicyclic) bond motifs is 1. The first-order valence-electron chi connectivity index (χ1n) is 8.53. The van der Waals surface area contributed by atoms with Gasteiger partial charge in [-0.25, -0.2) is 0 Å². The molecule has 0 aromatic carbocycles. The summed E-state index contributed by atoms with van der Waals surface area (Å²) in [4.78, 5) is 5.29. The van der Waals surface area contributed by atoms with Gasteiger partial charge in [-0.15, -0.1) is 0 Å². The van der Waals surface area contributed by atoms with Gasteiger partial charge < -0.3 is 0 Å². The lowest BCUT2D eigenvalue weighted by atomic mass is 9.92. The molecule has 21 heavy (non-hydrogen) atoms. The van der Waals surface area contributed by atoms with E-state index in [0.29, 0.717) is 18.1 Å². The first kappa shape index (κ1) is 16.7. The summed E-state index contributed by atoms with van der Waals surface area (Å²) in [7, 11) is 0. The second-order valence-corrected chi connectivity index (χ2v) is 7.63. The van der Waals surface area contributed by atoms with Crippen LogP contribution < -0.4 is 5.32 Å². The molecule has 0 saturated carbocycles. The molecule has 2 rings (SSSR count). The van der Waals surface area contributed by atoms with Gasteiger partial charge in [0.15, 0.2) is 0 Å². The Morgan fingerprint density at radius 3 is 2.67 bits per heavy atom. The molecule has 1 N–H and O–H groups in total. The van der Waals surface area contributed by atoms with E-state index < -0.39 is 5.54 Å². The zero-order chi connectivity index (χ0) is 15.6. The molecule has 2 saturated heterocycles. The fraction of sp³-hybridized carbons (Fsp3) is 0.941. The maximum Gasteiger partial charge on any atom is 0.105 e. The van der Waals surface area contributed by atoms with E-state index in [1.165, 1.54) is 32.5 Å². The van der Waals surface area contributed by atoms with Crippen LogP contribution in [0.25, 0.3) is 0 Å². The Balaban J connectivity index is 1.98. The van der Waals surface area contributed by atoms with Crippen molar-refractivity contribution in [2.75, 3.05) is 19.6 Å². The number of hydrogen-bond donors (Lipinski definition) is 1. The normalized spacial score (nSPS) is 31.7. The van der Waals surface area contributed by atoms with Crippen LogP contribution in [0.5, 0.6) is 0 Å². The molecule has 2 aliphatic rings. The van der Waals surface area contributed by atoms with Crippen molar-refractivity contribution in [2.24, 2.45) is 0 Å². The van der Waals surface area contributed by atoms with Crippen LogP contribution in [0.2, 0.25) is 0 Å². The predicted octanol–water partition coefficient (Wildman–Crippen LogP) is 2.21. The van der Waals surface area contributed by atoms with E-state index in [0.717, 1.165) is 12.5 Å². The van der Waals surface area contributed by atoms with E-state index in [2.05, 4.69) is 48.9 Å². The van der Waals surface area contributed by atoms with Crippen molar-refractivity contribution in [1.29, 1.82) is 5.26 Å². The van der Waals surface area contributed by atoms with Crippen LogP contribution in [-0.2, 0) is 0 Å². The Bertz CT molecular complexity index is 389. The van der Waals surface area contributed by atoms with Crippen LogP contribution >= 0.6 is 0 Å². The fourth-order valence-corrected chi connectivity index (χ4v) is 4.31. The Morgan fingerprint density at radius 2 is 2.05 bits per heavy atom. The summed E-state index contributed by atoms with van der Waals surface area (Å²) >= 11 is 0. The van der Waals surface area contributed by atoms with Gasteiger partial charge in [-0.2, -0.15) is 5.26 Å². The molecule has 0 bridgehead atoms. The summed E-state index contributed by atoms with van der Waals surface area (Å²) in [6.07, 6.45) is 3.58. The minimum absolute atomic E-state index is 0.339. The van der Waals surface area contributed by atoms with Gasteiger partial charge in [-0.3, -0.25) is 15.1 Å². The van der Waals surface area contributed by atoms with Gasteiger partial charge in [-0.05, 0) is 60.4 Å². The second-order valence-electron chi connectivity index (χ2n) is 7.63. The lowest BCUT2D eigenvalue weighted by Gasteiger charge is -2.46. The van der Waals surface area contributed by atoms with Crippen molar-refractivity contribution < 1.29 is 0 Å². The fourth-order valence-electron chi connectivity index (χ4n) is 4.31. The average Bonchev–Trinajstić information content (AvgIpc) is 2.83. The average molecular weight is 292 g/mol. The molecule has 2 fully saturated rings. The first-order chi connectivity index (χ1) is 9.84. The molecule has 0 radical (unpaired) electrons. The molecular weight excluding hydrogens is 260 g/mol. The van der Waals surface area contributed by atoms with Gasteiger partial charge in [0.2, 0.25) is 0 Å². The van der Waals surface area contributed by atoms with Crippen LogP contribution in [0.4, 0.5) is 0 Å². The van der Waals surface area contributed by atoms with Gasteiger partial charge in [0, 0.05) is 37.3 Å². The molecule has 4 nitrogen and oxygen atoms in total. The Morgan fingerprint density at radius 1 is 1.33 bits per heavy atom. The second kappa shape index (κ2) is 6.64. The third kappa shape index (κ3) is 3.97. The summed E-state index contributed by atoms with van der Waals surface area (Å²) in [6.45, 7) is 14.5. The summed E-state index contributed by atoms with van der Waals surface area (Å²) in [5, 5.41) is 13.0. The molecule has 0 spiro atoms. The highest BCUT2D eigenvalue weighted by molar-refractivity contribution is 5.07. The molecule has 2 aliphatic heterocycles. The van der Waals surface area contributed by atoms with E-state index in [1.807, 2.05) is 6.92 Å². The third-order valence-electron chi connectivity index (χ3n) is 5.11. The molecule has 4 atom stereocenters. The topological polar surface area (TPSA) is 42.3 Å². The molecule has 0 aromatic heterocycles. The van der Waals surface area contributed by atoms with Gasteiger partial charge in [0.05, 0.1) is 6.07 Å². The van der Waals surface area contributed by atoms with Gasteiger partial charge in [0.1, 0.15) is 5.54 Å². The zero-order valence-corrected chi connectivity index (χ0v) is 14.4. The highest BCUT2D eigenvalue weighted by Crippen LogP contribution is 2.28. The highest BCUT2D eigenvalue weighted by Gasteiger charge is 2.38. The van der Waals surface area contributed by atoms with Gasteiger partial charge >= 0.3 is 0 Å². The summed E-state index contributed by atoms with van der Waals surface area (Å²) in [5.74, 6) is 0. The molecular formula is C17H32N4. The summed E-state index contributed by atoms with van der Waals surface area (Å²) < 4.78 is 0. The molecule has 4 unspecified atom stereocenters. The Kier molecular flexibility index (Phi) is 5.29. The van der Waals surface area contributed by atoms with E-state index >= 15 is 0 Å². The smallest absolute Gasteiger partial charge is 0.105 e. The maximum absolute atomic E-state index is 9.56. The summed E-state index contributed by atoms with van der Waals surface area (Å²) in [5.41, 5.74) is -0.430. The highest BCUT2D eigenvalue weighted by atomic mass is 15.3. The van der Waals surface area contributed by atoms with Crippen molar-refractivity contribution in [3.05, 3.63) is 0 Å². The molecule has 0 aliphatic carbocycles. The molecule has 2 heterocycles. The van der Waals surface area contributed by atoms with Crippen LogP contribution in [0.1, 0.15) is 53.9 Å². The van der Waals surface area contributed by atoms with E-state index in [1.54, 1.807) is 0 Å². The lowest BCUT2D eigenvalue weighted by Crippen LogP contribution is -2.59. The quantitative estimate of drug-likeness (QED) is 0.843. The minimum atomic E-state index is -0.430. The van der Waals surface area contributed by atoms with Crippen LogP contribution in [0.3, 0.4) is 0 Å². The number of piperazine rings is 1. The number of rotatable bonds is 5. The zero-order valence-electron chi connectivity index (χ0n) is 14.4. The Labute approximate surface area is 130 Å². The van der Waals surface area contributed by atoms with E-state index in [4.69, 9.17) is 0 Å². The van der Waals surface area contributed by atoms with E-state index in [-0.39, 0.29) is 0 Å². The molecule has 0 amide bonds. The molecule has 120 valence electrons. The number of nitrogens with zero attached hydrogens (tertiary/aromatic N) is 3. The van der Waals surface area contributed by atoms with Crippen LogP contribution in [0.15, 0.2) is 0 Å². The SMILES string of the molecule is CC(C)NC(C)(C#N)CC(C)N1CC2CCCN2CC1C. The third-order valence-corrected chi connectivity index (χ3v) is 5.11. The minimum Gasteiger partial charge on any atom is -0.298 e. The lowest BCUT2D eigenvalue weighted by molar-refractivity contribution is 0.0250. The van der Waals surface area contributed by atoms with Gasteiger partial charge in [0.25, 0.3) is 0 Å². The number of hydrogen-bond acceptors (Lipinski definition) is 4. The Hall–Kier alpha value is -0.630. The standard InChI is InChI=1S/C17H32N4/c1-13(2)19-17(5,12-18)9-14(3)21-11-16-7-6-8-20(16)10-15(21)4/h13-16,19H,6-11H2,1-5H3. The van der Waals surface area contributed by atoms with Crippen molar-refractivity contribution in [1.82, 2.24) is 15.1 Å². The van der Waals surface area contributed by atoms with Crippen molar-refractivity contribution in [3.63, 3.8) is 0 Å². The summed E-state index contributed by atoms with van der Waals surface area (Å²) in [6, 6.07) is 4.61. The van der Waals surface area contributed by atoms with Gasteiger partial charge in [-0.1, -0.05) is 0 Å².